The maximum atomic E-state index is 12.8. The van der Waals surface area contributed by atoms with Crippen LogP contribution in [0.4, 0.5) is 5.82 Å². The number of aromatic nitrogens is 5. The Hall–Kier alpha value is -2.71. The van der Waals surface area contributed by atoms with E-state index in [0.717, 1.165) is 21.6 Å². The van der Waals surface area contributed by atoms with Gasteiger partial charge in [-0.15, -0.1) is 0 Å². The van der Waals surface area contributed by atoms with Crippen LogP contribution in [0, 0.1) is 13.8 Å². The molecule has 1 amide bonds. The number of nitrogens with zero attached hydrogens (tertiary/aromatic N) is 5. The first-order valence-corrected chi connectivity index (χ1v) is 9.63. The number of rotatable bonds is 4. The summed E-state index contributed by atoms with van der Waals surface area (Å²) in [4.78, 5) is 17.4. The number of aryl methyl sites for hydroxylation is 3. The zero-order chi connectivity index (χ0) is 19.1. The van der Waals surface area contributed by atoms with Crippen LogP contribution in [-0.2, 0) is 6.54 Å². The van der Waals surface area contributed by atoms with E-state index < -0.39 is 0 Å². The minimum Gasteiger partial charge on any atom is -0.305 e. The number of amides is 1. The number of hydrogen-bond donors (Lipinski definition) is 1. The van der Waals surface area contributed by atoms with Crippen molar-refractivity contribution in [2.24, 2.45) is 0 Å². The summed E-state index contributed by atoms with van der Waals surface area (Å²) in [7, 11) is 0. The van der Waals surface area contributed by atoms with Gasteiger partial charge in [0.2, 0.25) is 5.13 Å². The monoisotopic (exact) mass is 400 g/mol. The van der Waals surface area contributed by atoms with Gasteiger partial charge in [0.15, 0.2) is 0 Å². The molecule has 0 saturated heterocycles. The van der Waals surface area contributed by atoms with E-state index in [1.54, 1.807) is 21.5 Å². The second-order valence-corrected chi connectivity index (χ2v) is 7.52. The maximum Gasteiger partial charge on any atom is 0.275 e. The number of halogens is 1. The lowest BCUT2D eigenvalue weighted by molar-refractivity contribution is 0.101. The first kappa shape index (κ1) is 17.7. The van der Waals surface area contributed by atoms with Crippen LogP contribution in [0.3, 0.4) is 0 Å². The Labute approximate surface area is 164 Å². The van der Waals surface area contributed by atoms with E-state index in [4.69, 9.17) is 11.6 Å². The number of carbonyl (C=O) groups is 1. The third kappa shape index (κ3) is 3.22. The largest absolute Gasteiger partial charge is 0.305 e. The van der Waals surface area contributed by atoms with E-state index in [1.165, 1.54) is 11.3 Å². The van der Waals surface area contributed by atoms with Crippen LogP contribution in [0.2, 0.25) is 5.02 Å². The average molecular weight is 401 g/mol. The summed E-state index contributed by atoms with van der Waals surface area (Å²) < 4.78 is 4.27. The molecule has 0 aliphatic carbocycles. The zero-order valence-electron chi connectivity index (χ0n) is 15.0. The second-order valence-electron chi connectivity index (χ2n) is 6.11. The highest BCUT2D eigenvalue weighted by atomic mass is 35.5. The standard InChI is InChI=1S/C18H17ClN6OS/c1-4-24-13(8-10(2)22-24)17(26)20-15-9-11(3)23-25(15)18-21-16-12(19)6-5-7-14(16)27-18/h5-9H,4H2,1-3H3,(H,20,26). The summed E-state index contributed by atoms with van der Waals surface area (Å²) in [5.74, 6) is 0.312. The first-order valence-electron chi connectivity index (χ1n) is 8.44. The van der Waals surface area contributed by atoms with Gasteiger partial charge in [-0.2, -0.15) is 14.9 Å². The van der Waals surface area contributed by atoms with Crippen molar-refractivity contribution >= 4 is 44.9 Å². The molecule has 3 aromatic heterocycles. The third-order valence-electron chi connectivity index (χ3n) is 4.05. The van der Waals surface area contributed by atoms with Crippen molar-refractivity contribution in [1.29, 1.82) is 0 Å². The van der Waals surface area contributed by atoms with Gasteiger partial charge in [0.25, 0.3) is 5.91 Å². The number of benzene rings is 1. The Morgan fingerprint density at radius 1 is 1.22 bits per heavy atom. The van der Waals surface area contributed by atoms with Crippen LogP contribution in [0.1, 0.15) is 28.8 Å². The number of nitrogens with one attached hydrogen (secondary N) is 1. The summed E-state index contributed by atoms with van der Waals surface area (Å²) >= 11 is 7.70. The predicted octanol–water partition coefficient (Wildman–Crippen LogP) is 4.22. The van der Waals surface area contributed by atoms with Gasteiger partial charge in [0.1, 0.15) is 17.0 Å². The van der Waals surface area contributed by atoms with Crippen molar-refractivity contribution in [2.45, 2.75) is 27.3 Å². The highest BCUT2D eigenvalue weighted by Gasteiger charge is 2.18. The Kier molecular flexibility index (Phi) is 4.45. The SMILES string of the molecule is CCn1nc(C)cc1C(=O)Nc1cc(C)nn1-c1nc2c(Cl)cccc2s1. The number of thiazole rings is 1. The van der Waals surface area contributed by atoms with Gasteiger partial charge in [-0.3, -0.25) is 9.48 Å². The quantitative estimate of drug-likeness (QED) is 0.556. The van der Waals surface area contributed by atoms with Crippen molar-refractivity contribution in [2.75, 3.05) is 5.32 Å². The Balaban J connectivity index is 1.72. The van der Waals surface area contributed by atoms with E-state index in [-0.39, 0.29) is 5.91 Å². The topological polar surface area (TPSA) is 77.6 Å². The molecule has 0 unspecified atom stereocenters. The fourth-order valence-electron chi connectivity index (χ4n) is 2.88. The van der Waals surface area contributed by atoms with Gasteiger partial charge in [-0.05, 0) is 39.0 Å². The van der Waals surface area contributed by atoms with E-state index in [9.17, 15) is 4.79 Å². The van der Waals surface area contributed by atoms with Crippen molar-refractivity contribution in [3.63, 3.8) is 0 Å². The van der Waals surface area contributed by atoms with Crippen LogP contribution < -0.4 is 5.32 Å². The third-order valence-corrected chi connectivity index (χ3v) is 5.35. The molecule has 0 spiro atoms. The summed E-state index contributed by atoms with van der Waals surface area (Å²) in [6.45, 7) is 6.29. The molecule has 1 aromatic carbocycles. The van der Waals surface area contributed by atoms with Gasteiger partial charge in [-0.25, -0.2) is 4.98 Å². The minimum absolute atomic E-state index is 0.238. The lowest BCUT2D eigenvalue weighted by Crippen LogP contribution is -2.19. The highest BCUT2D eigenvalue weighted by Crippen LogP contribution is 2.31. The molecular weight excluding hydrogens is 384 g/mol. The number of carbonyl (C=O) groups excluding carboxylic acids is 1. The van der Waals surface area contributed by atoms with Crippen molar-refractivity contribution in [1.82, 2.24) is 24.5 Å². The minimum atomic E-state index is -0.238. The van der Waals surface area contributed by atoms with Crippen molar-refractivity contribution in [3.8, 4) is 5.13 Å². The molecule has 0 atom stereocenters. The van der Waals surface area contributed by atoms with Crippen LogP contribution in [0.25, 0.3) is 15.3 Å². The van der Waals surface area contributed by atoms with Gasteiger partial charge < -0.3 is 5.32 Å². The van der Waals surface area contributed by atoms with Gasteiger partial charge in [0, 0.05) is 12.6 Å². The fourth-order valence-corrected chi connectivity index (χ4v) is 4.11. The lowest BCUT2D eigenvalue weighted by atomic mass is 10.3. The summed E-state index contributed by atoms with van der Waals surface area (Å²) in [6, 6.07) is 9.23. The predicted molar refractivity (Wildman–Crippen MR) is 107 cm³/mol. The van der Waals surface area contributed by atoms with E-state index in [0.29, 0.717) is 28.2 Å². The summed E-state index contributed by atoms with van der Waals surface area (Å²) in [6.07, 6.45) is 0. The molecule has 0 aliphatic rings. The first-order chi connectivity index (χ1) is 13.0. The molecule has 3 heterocycles. The molecular formula is C18H17ClN6OS. The van der Waals surface area contributed by atoms with E-state index in [2.05, 4.69) is 20.5 Å². The molecule has 27 heavy (non-hydrogen) atoms. The number of hydrogen-bond acceptors (Lipinski definition) is 5. The summed E-state index contributed by atoms with van der Waals surface area (Å²) in [5, 5.41) is 13.0. The lowest BCUT2D eigenvalue weighted by Gasteiger charge is -2.07. The van der Waals surface area contributed by atoms with Gasteiger partial charge in [0.05, 0.1) is 21.1 Å². The Morgan fingerprint density at radius 2 is 2.00 bits per heavy atom. The Bertz CT molecular complexity index is 1160. The van der Waals surface area contributed by atoms with Crippen LogP contribution in [0.5, 0.6) is 0 Å². The molecule has 0 radical (unpaired) electrons. The van der Waals surface area contributed by atoms with Crippen molar-refractivity contribution < 1.29 is 4.79 Å². The van der Waals surface area contributed by atoms with Gasteiger partial charge in [-0.1, -0.05) is 29.0 Å². The second kappa shape index (κ2) is 6.79. The normalized spacial score (nSPS) is 11.3. The molecule has 0 fully saturated rings. The van der Waals surface area contributed by atoms with Crippen molar-refractivity contribution in [3.05, 3.63) is 52.4 Å². The molecule has 9 heteroatoms. The molecule has 0 bridgehead atoms. The maximum absolute atomic E-state index is 12.8. The molecule has 0 aliphatic heterocycles. The average Bonchev–Trinajstić information content (AvgIpc) is 3.31. The van der Waals surface area contributed by atoms with E-state index >= 15 is 0 Å². The van der Waals surface area contributed by atoms with E-state index in [1.807, 2.05) is 39.0 Å². The number of para-hydroxylation sites is 1. The molecule has 1 N–H and O–H groups in total. The molecule has 4 rings (SSSR count). The molecule has 0 saturated carbocycles. The number of fused-ring (bicyclic) bond motifs is 1. The smallest absolute Gasteiger partial charge is 0.275 e. The zero-order valence-corrected chi connectivity index (χ0v) is 16.6. The van der Waals surface area contributed by atoms with Crippen LogP contribution in [-0.4, -0.2) is 30.5 Å². The Morgan fingerprint density at radius 3 is 2.74 bits per heavy atom. The molecule has 4 aromatic rings. The summed E-state index contributed by atoms with van der Waals surface area (Å²) in [5.41, 5.74) is 2.81. The van der Waals surface area contributed by atoms with Crippen LogP contribution >= 0.6 is 22.9 Å². The molecule has 7 nitrogen and oxygen atoms in total. The fraction of sp³-hybridized carbons (Fsp3) is 0.222. The highest BCUT2D eigenvalue weighted by molar-refractivity contribution is 7.20. The molecule has 138 valence electrons. The van der Waals surface area contributed by atoms with Crippen LogP contribution in [0.15, 0.2) is 30.3 Å². The van der Waals surface area contributed by atoms with Gasteiger partial charge >= 0.3 is 0 Å². The number of anilines is 1.